The van der Waals surface area contributed by atoms with Crippen LogP contribution in [-0.2, 0) is 22.6 Å². The number of aromatic nitrogens is 6. The van der Waals surface area contributed by atoms with Gasteiger partial charge in [0.15, 0.2) is 11.2 Å². The molecule has 0 spiro atoms. The average molecular weight is 629 g/mol. The molecule has 7 rings (SSSR count). The van der Waals surface area contributed by atoms with Crippen LogP contribution in [-0.4, -0.2) is 85.3 Å². The standard InChI is InChI=1S/C31H33FN10O2S/c1-2-33-17-27(43)40-11-9-39(10-12-40)26-6-5-20(16-35-26)21-14-23(32)22-18-42(38-24(22)15-21)29(30(44)37-31-34-7-13-45-31)28-25-4-3-8-41(25)19-36-28/h5-7,13-16,18-19,29,33H,2-4,8-12,17H2,1H3,(H,34,37,44). The van der Waals surface area contributed by atoms with Crippen LogP contribution in [0.25, 0.3) is 22.0 Å². The van der Waals surface area contributed by atoms with Gasteiger partial charge in [-0.1, -0.05) is 6.92 Å². The van der Waals surface area contributed by atoms with Crippen molar-refractivity contribution in [3.8, 4) is 11.1 Å². The number of hydrogen-bond acceptors (Lipinski definition) is 9. The van der Waals surface area contributed by atoms with Crippen LogP contribution in [0, 0.1) is 5.82 Å². The lowest BCUT2D eigenvalue weighted by atomic mass is 10.1. The Kier molecular flexibility index (Phi) is 7.98. The number of aryl methyl sites for hydroxylation is 1. The minimum atomic E-state index is -0.891. The number of imidazole rings is 1. The second-order valence-corrected chi connectivity index (χ2v) is 12.1. The molecule has 0 bridgehead atoms. The predicted octanol–water partition coefficient (Wildman–Crippen LogP) is 3.32. The number of pyridine rings is 1. The molecule has 232 valence electrons. The Morgan fingerprint density at radius 2 is 1.93 bits per heavy atom. The first-order chi connectivity index (χ1) is 22.0. The van der Waals surface area contributed by atoms with Crippen molar-refractivity contribution in [2.45, 2.75) is 32.4 Å². The lowest BCUT2D eigenvalue weighted by molar-refractivity contribution is -0.130. The van der Waals surface area contributed by atoms with Gasteiger partial charge in [-0.2, -0.15) is 5.10 Å². The van der Waals surface area contributed by atoms with Gasteiger partial charge in [-0.05, 0) is 49.2 Å². The zero-order chi connectivity index (χ0) is 30.9. The van der Waals surface area contributed by atoms with Crippen LogP contribution in [0.2, 0.25) is 0 Å². The molecule has 4 aromatic heterocycles. The van der Waals surface area contributed by atoms with Crippen molar-refractivity contribution < 1.29 is 14.0 Å². The molecule has 2 aliphatic heterocycles. The first-order valence-electron chi connectivity index (χ1n) is 15.1. The molecule has 2 amide bonds. The first-order valence-corrected chi connectivity index (χ1v) is 16.0. The molecule has 1 atom stereocenters. The molecule has 0 radical (unpaired) electrons. The lowest BCUT2D eigenvalue weighted by Crippen LogP contribution is -2.51. The van der Waals surface area contributed by atoms with E-state index in [0.717, 1.165) is 43.0 Å². The van der Waals surface area contributed by atoms with E-state index in [2.05, 4.69) is 35.1 Å². The summed E-state index contributed by atoms with van der Waals surface area (Å²) in [6, 6.07) is 6.23. The van der Waals surface area contributed by atoms with Gasteiger partial charge >= 0.3 is 0 Å². The van der Waals surface area contributed by atoms with Crippen LogP contribution in [0.15, 0.2) is 54.6 Å². The molecule has 1 unspecified atom stereocenters. The number of amides is 2. The number of thiazole rings is 1. The van der Waals surface area contributed by atoms with Crippen molar-refractivity contribution in [3.05, 3.63) is 71.8 Å². The number of likely N-dealkylation sites (N-methyl/N-ethyl adjacent to an activating group) is 1. The van der Waals surface area contributed by atoms with E-state index in [4.69, 9.17) is 5.10 Å². The van der Waals surface area contributed by atoms with E-state index in [0.29, 0.717) is 60.0 Å². The van der Waals surface area contributed by atoms with E-state index in [-0.39, 0.29) is 11.8 Å². The SMILES string of the molecule is CCNCC(=O)N1CCN(c2ccc(-c3cc(F)c4cn(C(C(=O)Nc5nccs5)c5ncn6c5CCC6)nc4c3)cn2)CC1. The molecule has 0 saturated carbocycles. The fraction of sp³-hybridized carbons (Fsp3) is 0.355. The highest BCUT2D eigenvalue weighted by Gasteiger charge is 2.32. The maximum absolute atomic E-state index is 15.6. The number of fused-ring (bicyclic) bond motifs is 2. The highest BCUT2D eigenvalue weighted by atomic mass is 32.1. The number of hydrogen-bond donors (Lipinski definition) is 2. The van der Waals surface area contributed by atoms with Crippen molar-refractivity contribution in [2.75, 3.05) is 49.5 Å². The van der Waals surface area contributed by atoms with E-state index < -0.39 is 11.9 Å². The monoisotopic (exact) mass is 628 g/mol. The molecule has 1 aromatic carbocycles. The Bertz CT molecular complexity index is 1830. The van der Waals surface area contributed by atoms with Gasteiger partial charge in [0.2, 0.25) is 5.91 Å². The summed E-state index contributed by atoms with van der Waals surface area (Å²) in [5, 5.41) is 13.2. The predicted molar refractivity (Wildman–Crippen MR) is 170 cm³/mol. The molecule has 1 fully saturated rings. The zero-order valence-electron chi connectivity index (χ0n) is 24.8. The number of piperazine rings is 1. The Labute approximate surface area is 262 Å². The Morgan fingerprint density at radius 3 is 2.69 bits per heavy atom. The summed E-state index contributed by atoms with van der Waals surface area (Å²) in [6.45, 7) is 6.62. The normalized spacial score (nSPS) is 15.4. The highest BCUT2D eigenvalue weighted by molar-refractivity contribution is 7.13. The second-order valence-electron chi connectivity index (χ2n) is 11.2. The zero-order valence-corrected chi connectivity index (χ0v) is 25.6. The molecule has 5 aromatic rings. The van der Waals surface area contributed by atoms with Crippen LogP contribution < -0.4 is 15.5 Å². The lowest BCUT2D eigenvalue weighted by Gasteiger charge is -2.35. The van der Waals surface area contributed by atoms with Crippen molar-refractivity contribution in [3.63, 3.8) is 0 Å². The number of benzene rings is 1. The highest BCUT2D eigenvalue weighted by Crippen LogP contribution is 2.32. The summed E-state index contributed by atoms with van der Waals surface area (Å²) in [4.78, 5) is 43.4. The van der Waals surface area contributed by atoms with Crippen LogP contribution >= 0.6 is 11.3 Å². The number of nitrogens with one attached hydrogen (secondary N) is 2. The van der Waals surface area contributed by atoms with Gasteiger partial charge in [-0.25, -0.2) is 19.3 Å². The van der Waals surface area contributed by atoms with E-state index in [9.17, 15) is 9.59 Å². The molecule has 0 aliphatic carbocycles. The first kappa shape index (κ1) is 29.0. The number of anilines is 2. The van der Waals surface area contributed by atoms with Crippen LogP contribution in [0.5, 0.6) is 0 Å². The van der Waals surface area contributed by atoms with Gasteiger partial charge in [0.1, 0.15) is 11.6 Å². The van der Waals surface area contributed by atoms with E-state index in [1.54, 1.807) is 30.3 Å². The molecular formula is C31H33FN10O2S. The third-order valence-corrected chi connectivity index (χ3v) is 9.07. The summed E-state index contributed by atoms with van der Waals surface area (Å²) >= 11 is 1.32. The summed E-state index contributed by atoms with van der Waals surface area (Å²) in [5.74, 6) is 0.143. The fourth-order valence-corrected chi connectivity index (χ4v) is 6.56. The van der Waals surface area contributed by atoms with Crippen molar-refractivity contribution >= 4 is 45.0 Å². The quantitative estimate of drug-likeness (QED) is 0.255. The summed E-state index contributed by atoms with van der Waals surface area (Å²) in [6.07, 6.45) is 8.47. The van der Waals surface area contributed by atoms with Gasteiger partial charge in [0, 0.05) is 68.0 Å². The van der Waals surface area contributed by atoms with Gasteiger partial charge < -0.3 is 19.7 Å². The van der Waals surface area contributed by atoms with Crippen LogP contribution in [0.3, 0.4) is 0 Å². The third-order valence-electron chi connectivity index (χ3n) is 8.38. The van der Waals surface area contributed by atoms with Crippen LogP contribution in [0.4, 0.5) is 15.3 Å². The van der Waals surface area contributed by atoms with Gasteiger partial charge in [-0.3, -0.25) is 19.6 Å². The Morgan fingerprint density at radius 1 is 1.07 bits per heavy atom. The maximum atomic E-state index is 15.6. The van der Waals surface area contributed by atoms with Crippen LogP contribution in [0.1, 0.15) is 30.8 Å². The molecule has 2 aliphatic rings. The third kappa shape index (κ3) is 5.78. The summed E-state index contributed by atoms with van der Waals surface area (Å²) in [7, 11) is 0. The van der Waals surface area contributed by atoms with E-state index in [1.807, 2.05) is 30.0 Å². The van der Waals surface area contributed by atoms with Crippen molar-refractivity contribution in [2.24, 2.45) is 0 Å². The largest absolute Gasteiger partial charge is 0.353 e. The van der Waals surface area contributed by atoms with Crippen molar-refractivity contribution in [1.82, 2.24) is 39.5 Å². The molecule has 14 heteroatoms. The van der Waals surface area contributed by atoms with E-state index >= 15 is 4.39 Å². The summed E-state index contributed by atoms with van der Waals surface area (Å²) < 4.78 is 19.1. The molecule has 6 heterocycles. The topological polar surface area (TPSA) is 126 Å². The smallest absolute Gasteiger partial charge is 0.257 e. The van der Waals surface area contributed by atoms with Gasteiger partial charge in [0.05, 0.1) is 29.5 Å². The molecule has 1 saturated heterocycles. The van der Waals surface area contributed by atoms with E-state index in [1.165, 1.54) is 22.1 Å². The number of nitrogens with zero attached hydrogens (tertiary/aromatic N) is 8. The summed E-state index contributed by atoms with van der Waals surface area (Å²) in [5.41, 5.74) is 3.41. The fourth-order valence-electron chi connectivity index (χ4n) is 6.03. The number of rotatable bonds is 9. The molecule has 45 heavy (non-hydrogen) atoms. The molecular weight excluding hydrogens is 595 g/mol. The van der Waals surface area contributed by atoms with Gasteiger partial charge in [0.25, 0.3) is 5.91 Å². The Balaban J connectivity index is 1.13. The number of carbonyl (C=O) groups excluding carboxylic acids is 2. The Hall–Kier alpha value is -4.69. The second kappa shape index (κ2) is 12.4. The molecule has 2 N–H and O–H groups in total. The van der Waals surface area contributed by atoms with Gasteiger partial charge in [-0.15, -0.1) is 11.3 Å². The maximum Gasteiger partial charge on any atom is 0.257 e. The molecule has 12 nitrogen and oxygen atoms in total. The minimum Gasteiger partial charge on any atom is -0.353 e. The minimum absolute atomic E-state index is 0.111. The number of carbonyl (C=O) groups is 2. The van der Waals surface area contributed by atoms with Crippen molar-refractivity contribution in [1.29, 1.82) is 0 Å². The average Bonchev–Trinajstić information content (AvgIpc) is 3.87. The number of halogens is 1.